The molecule has 0 amide bonds. The second kappa shape index (κ2) is 9.67. The number of methoxy groups -OCH3 is 1. The van der Waals surface area contributed by atoms with Gasteiger partial charge in [-0.2, -0.15) is 10.5 Å². The molecule has 0 spiro atoms. The van der Waals surface area contributed by atoms with Crippen LogP contribution in [0.25, 0.3) is 0 Å². The zero-order chi connectivity index (χ0) is 25.1. The van der Waals surface area contributed by atoms with Gasteiger partial charge in [-0.1, -0.05) is 17.7 Å². The van der Waals surface area contributed by atoms with E-state index >= 15 is 0 Å². The van der Waals surface area contributed by atoms with Crippen molar-refractivity contribution in [3.8, 4) is 23.8 Å². The lowest BCUT2D eigenvalue weighted by Gasteiger charge is -2.26. The van der Waals surface area contributed by atoms with E-state index in [0.29, 0.717) is 27.9 Å². The van der Waals surface area contributed by atoms with E-state index in [9.17, 15) is 5.26 Å². The maximum Gasteiger partial charge on any atom is 0.211 e. The normalized spacial score (nSPS) is 14.0. The van der Waals surface area contributed by atoms with Crippen molar-refractivity contribution in [1.29, 1.82) is 10.5 Å². The summed E-state index contributed by atoms with van der Waals surface area (Å²) in [5.41, 5.74) is 15.3. The summed E-state index contributed by atoms with van der Waals surface area (Å²) in [6, 6.07) is 12.2. The fourth-order valence-corrected chi connectivity index (χ4v) is 3.89. The number of nitrogens with one attached hydrogen (secondary N) is 2. The average Bonchev–Trinajstić information content (AvgIpc) is 2.84. The minimum atomic E-state index is -0.676. The first kappa shape index (κ1) is 23.5. The summed E-state index contributed by atoms with van der Waals surface area (Å²) in [5.74, 6) is 1.74. The molecule has 1 unspecified atom stereocenters. The maximum absolute atomic E-state index is 9.52. The van der Waals surface area contributed by atoms with Crippen LogP contribution in [-0.2, 0) is 6.61 Å². The number of rotatable bonds is 5. The molecular formula is C24H21ClN8O2. The minimum absolute atomic E-state index is 0.0183. The molecule has 35 heavy (non-hydrogen) atoms. The van der Waals surface area contributed by atoms with Crippen molar-refractivity contribution in [2.24, 2.45) is 4.99 Å². The van der Waals surface area contributed by atoms with Crippen molar-refractivity contribution in [2.45, 2.75) is 19.6 Å². The number of aliphatic imine (C=N–C) groups is 1. The Balaban J connectivity index is 1.77. The first-order valence-corrected chi connectivity index (χ1v) is 10.8. The molecule has 2 heterocycles. The lowest BCUT2D eigenvalue weighted by Crippen LogP contribution is -2.32. The predicted molar refractivity (Wildman–Crippen MR) is 133 cm³/mol. The summed E-state index contributed by atoms with van der Waals surface area (Å²) in [6.07, 6.45) is 1.83. The zero-order valence-corrected chi connectivity index (χ0v) is 19.6. The molecule has 1 aliphatic rings. The molecular weight excluding hydrogens is 468 g/mol. The van der Waals surface area contributed by atoms with Gasteiger partial charge in [-0.3, -0.25) is 5.32 Å². The van der Waals surface area contributed by atoms with E-state index in [2.05, 4.69) is 20.6 Å². The van der Waals surface area contributed by atoms with Crippen LogP contribution in [0.15, 0.2) is 41.4 Å². The number of hydrogen-bond acceptors (Lipinski definition) is 10. The molecule has 1 atom stereocenters. The van der Waals surface area contributed by atoms with Gasteiger partial charge >= 0.3 is 0 Å². The van der Waals surface area contributed by atoms with Gasteiger partial charge in [0.1, 0.15) is 47.4 Å². The number of hydrogen-bond donors (Lipinski definition) is 4. The molecule has 4 rings (SSSR count). The van der Waals surface area contributed by atoms with Gasteiger partial charge in [0.15, 0.2) is 6.19 Å². The van der Waals surface area contributed by atoms with Crippen LogP contribution in [0.2, 0.25) is 5.02 Å². The number of nitriles is 2. The standard InChI is InChI=1S/C24H21ClN8O2/c1-12-7-15(4-5-17(12)25)35-10-14-8-13(3-6-18(14)34-2)21-19-20(28)16(9-26)22(29)32-23(19)33-24(31-21)30-11-27/h3-8,21H,10H2,1-2H3,(H6,28,29,30,31,32,33). The van der Waals surface area contributed by atoms with Crippen LogP contribution < -0.4 is 31.6 Å². The molecule has 0 fully saturated rings. The third kappa shape index (κ3) is 4.56. The number of halogens is 1. The zero-order valence-electron chi connectivity index (χ0n) is 18.9. The fraction of sp³-hybridized carbons (Fsp3) is 0.167. The summed E-state index contributed by atoms with van der Waals surface area (Å²) in [7, 11) is 1.57. The highest BCUT2D eigenvalue weighted by Crippen LogP contribution is 2.41. The number of nitrogen functional groups attached to an aromatic ring is 2. The Morgan fingerprint density at radius 2 is 2.00 bits per heavy atom. The Morgan fingerprint density at radius 1 is 1.20 bits per heavy atom. The van der Waals surface area contributed by atoms with Crippen molar-refractivity contribution >= 4 is 34.9 Å². The Kier molecular flexibility index (Phi) is 6.49. The molecule has 0 saturated heterocycles. The summed E-state index contributed by atoms with van der Waals surface area (Å²) in [5, 5.41) is 24.7. The van der Waals surface area contributed by atoms with E-state index in [1.165, 1.54) is 0 Å². The fourth-order valence-electron chi connectivity index (χ4n) is 3.77. The maximum atomic E-state index is 9.52. The van der Waals surface area contributed by atoms with E-state index in [1.54, 1.807) is 25.3 Å². The Bertz CT molecular complexity index is 1420. The van der Waals surface area contributed by atoms with Crippen LogP contribution in [0, 0.1) is 29.7 Å². The van der Waals surface area contributed by atoms with Gasteiger partial charge in [0.05, 0.1) is 12.8 Å². The molecule has 1 aliphatic heterocycles. The smallest absolute Gasteiger partial charge is 0.211 e. The number of anilines is 3. The van der Waals surface area contributed by atoms with Crippen LogP contribution in [0.4, 0.5) is 17.3 Å². The van der Waals surface area contributed by atoms with E-state index in [4.69, 9.17) is 37.8 Å². The number of aryl methyl sites for hydroxylation is 1. The third-order valence-electron chi connectivity index (χ3n) is 5.50. The van der Waals surface area contributed by atoms with Crippen molar-refractivity contribution < 1.29 is 9.47 Å². The number of benzene rings is 2. The highest BCUT2D eigenvalue weighted by molar-refractivity contribution is 6.31. The summed E-state index contributed by atoms with van der Waals surface area (Å²) < 4.78 is 11.5. The second-order valence-corrected chi connectivity index (χ2v) is 8.08. The third-order valence-corrected chi connectivity index (χ3v) is 5.93. The lowest BCUT2D eigenvalue weighted by atomic mass is 9.94. The van der Waals surface area contributed by atoms with Crippen molar-refractivity contribution in [3.05, 3.63) is 69.2 Å². The Hall–Kier alpha value is -4.67. The molecule has 176 valence electrons. The summed E-state index contributed by atoms with van der Waals surface area (Å²) in [4.78, 5) is 8.87. The number of nitrogens with two attached hydrogens (primary N) is 2. The molecule has 6 N–H and O–H groups in total. The molecule has 0 saturated carbocycles. The highest BCUT2D eigenvalue weighted by Gasteiger charge is 2.30. The topological polar surface area (TPSA) is 167 Å². The minimum Gasteiger partial charge on any atom is -0.496 e. The van der Waals surface area contributed by atoms with Crippen LogP contribution in [0.3, 0.4) is 0 Å². The number of pyridine rings is 1. The van der Waals surface area contributed by atoms with E-state index in [-0.39, 0.29) is 29.6 Å². The van der Waals surface area contributed by atoms with Gasteiger partial charge in [-0.15, -0.1) is 0 Å². The van der Waals surface area contributed by atoms with Gasteiger partial charge in [-0.25, -0.2) is 9.98 Å². The second-order valence-electron chi connectivity index (χ2n) is 7.67. The van der Waals surface area contributed by atoms with Crippen LogP contribution in [-0.4, -0.2) is 18.1 Å². The summed E-state index contributed by atoms with van der Waals surface area (Å²) >= 11 is 6.11. The highest BCUT2D eigenvalue weighted by atomic mass is 35.5. The van der Waals surface area contributed by atoms with Gasteiger partial charge in [0.25, 0.3) is 0 Å². The van der Waals surface area contributed by atoms with Gasteiger partial charge < -0.3 is 26.3 Å². The Morgan fingerprint density at radius 3 is 2.69 bits per heavy atom. The van der Waals surface area contributed by atoms with Crippen LogP contribution >= 0.6 is 11.6 Å². The SMILES string of the molecule is COc1ccc(C2N=C(NC#N)Nc3nc(N)c(C#N)c(N)c32)cc1COc1ccc(Cl)c(C)c1. The predicted octanol–water partition coefficient (Wildman–Crippen LogP) is 3.61. The largest absolute Gasteiger partial charge is 0.496 e. The van der Waals surface area contributed by atoms with E-state index in [1.807, 2.05) is 37.4 Å². The van der Waals surface area contributed by atoms with Gasteiger partial charge in [-0.05, 0) is 48.4 Å². The van der Waals surface area contributed by atoms with E-state index in [0.717, 1.165) is 16.7 Å². The van der Waals surface area contributed by atoms with Crippen molar-refractivity contribution in [2.75, 3.05) is 23.9 Å². The molecule has 0 bridgehead atoms. The molecule has 2 aromatic carbocycles. The monoisotopic (exact) mass is 488 g/mol. The molecule has 0 aliphatic carbocycles. The number of aromatic nitrogens is 1. The Labute approximate surface area is 206 Å². The first-order valence-electron chi connectivity index (χ1n) is 10.4. The molecule has 11 heteroatoms. The number of fused-ring (bicyclic) bond motifs is 1. The van der Waals surface area contributed by atoms with E-state index < -0.39 is 6.04 Å². The van der Waals surface area contributed by atoms with Crippen LogP contribution in [0.5, 0.6) is 11.5 Å². The average molecular weight is 489 g/mol. The first-order chi connectivity index (χ1) is 16.9. The number of ether oxygens (including phenoxy) is 2. The lowest BCUT2D eigenvalue weighted by molar-refractivity contribution is 0.296. The molecule has 10 nitrogen and oxygen atoms in total. The quantitative estimate of drug-likeness (QED) is 0.309. The molecule has 3 aromatic rings. The molecule has 0 radical (unpaired) electrons. The van der Waals surface area contributed by atoms with Gasteiger partial charge in [0, 0.05) is 16.1 Å². The van der Waals surface area contributed by atoms with Crippen LogP contribution in [0.1, 0.15) is 33.9 Å². The van der Waals surface area contributed by atoms with Gasteiger partial charge in [0.2, 0.25) is 5.96 Å². The van der Waals surface area contributed by atoms with Crippen molar-refractivity contribution in [1.82, 2.24) is 10.3 Å². The molecule has 1 aromatic heterocycles. The summed E-state index contributed by atoms with van der Waals surface area (Å²) in [6.45, 7) is 2.11. The number of guanidine groups is 1. The van der Waals surface area contributed by atoms with Crippen molar-refractivity contribution in [3.63, 3.8) is 0 Å². The number of nitrogens with zero attached hydrogens (tertiary/aromatic N) is 4.